The van der Waals surface area contributed by atoms with Crippen molar-refractivity contribution in [1.29, 1.82) is 0 Å². The number of likely N-dealkylation sites (tertiary alicyclic amines) is 1. The lowest BCUT2D eigenvalue weighted by molar-refractivity contribution is -0.127. The van der Waals surface area contributed by atoms with Crippen molar-refractivity contribution in [2.24, 2.45) is 14.1 Å². The van der Waals surface area contributed by atoms with E-state index in [1.165, 1.54) is 20.9 Å². The minimum absolute atomic E-state index is 0.126. The molecule has 0 saturated carbocycles. The fourth-order valence-corrected chi connectivity index (χ4v) is 3.55. The number of hydrogen-bond acceptors (Lipinski definition) is 5. The molecule has 3 rings (SSSR count). The quantitative estimate of drug-likeness (QED) is 0.668. The molecule has 22 heavy (non-hydrogen) atoms. The Morgan fingerprint density at radius 2 is 2.00 bits per heavy atom. The SMILES string of the molecule is Cn1c(=S)c2[nH]c(SCC(=O)N3CCCC3)nc2n(C)c1=O. The van der Waals surface area contributed by atoms with Gasteiger partial charge in [0.25, 0.3) is 0 Å². The van der Waals surface area contributed by atoms with Crippen LogP contribution >= 0.6 is 24.0 Å². The van der Waals surface area contributed by atoms with Gasteiger partial charge in [-0.1, -0.05) is 24.0 Å². The van der Waals surface area contributed by atoms with E-state index >= 15 is 0 Å². The van der Waals surface area contributed by atoms with Crippen LogP contribution in [0.1, 0.15) is 12.8 Å². The van der Waals surface area contributed by atoms with Crippen molar-refractivity contribution < 1.29 is 4.79 Å². The average Bonchev–Trinajstić information content (AvgIpc) is 3.17. The van der Waals surface area contributed by atoms with Gasteiger partial charge in [0.05, 0.1) is 5.75 Å². The topological polar surface area (TPSA) is 75.9 Å². The van der Waals surface area contributed by atoms with E-state index in [4.69, 9.17) is 12.2 Å². The predicted molar refractivity (Wildman–Crippen MR) is 87.7 cm³/mol. The molecule has 0 bridgehead atoms. The molecule has 1 N–H and O–H groups in total. The fraction of sp³-hybridized carbons (Fsp3) is 0.538. The maximum Gasteiger partial charge on any atom is 0.330 e. The van der Waals surface area contributed by atoms with E-state index in [1.807, 2.05) is 4.90 Å². The van der Waals surface area contributed by atoms with Gasteiger partial charge in [0.1, 0.15) is 10.2 Å². The number of thioether (sulfide) groups is 1. The zero-order chi connectivity index (χ0) is 15.9. The van der Waals surface area contributed by atoms with Crippen molar-refractivity contribution >= 4 is 41.1 Å². The molecule has 118 valence electrons. The third kappa shape index (κ3) is 2.58. The second kappa shape index (κ2) is 5.88. The van der Waals surface area contributed by atoms with E-state index in [9.17, 15) is 9.59 Å². The van der Waals surface area contributed by atoms with E-state index in [0.717, 1.165) is 25.9 Å². The van der Waals surface area contributed by atoms with E-state index in [2.05, 4.69) is 9.97 Å². The number of amides is 1. The Kier molecular flexibility index (Phi) is 4.09. The van der Waals surface area contributed by atoms with Gasteiger partial charge in [-0.3, -0.25) is 13.9 Å². The van der Waals surface area contributed by atoms with E-state index in [0.29, 0.717) is 26.7 Å². The van der Waals surface area contributed by atoms with E-state index in [1.54, 1.807) is 14.1 Å². The summed E-state index contributed by atoms with van der Waals surface area (Å²) < 4.78 is 3.27. The van der Waals surface area contributed by atoms with Gasteiger partial charge in [0.15, 0.2) is 10.8 Å². The Morgan fingerprint density at radius 3 is 2.68 bits per heavy atom. The molecule has 1 fully saturated rings. The summed E-state index contributed by atoms with van der Waals surface area (Å²) in [6.45, 7) is 1.69. The van der Waals surface area contributed by atoms with Crippen LogP contribution in [0.25, 0.3) is 11.2 Å². The van der Waals surface area contributed by atoms with Gasteiger partial charge in [-0.05, 0) is 12.8 Å². The van der Waals surface area contributed by atoms with Crippen LogP contribution in [-0.2, 0) is 18.9 Å². The number of imidazole rings is 1. The number of aromatic amines is 1. The Bertz CT molecular complexity index is 844. The molecule has 3 heterocycles. The number of carbonyl (C=O) groups excluding carboxylic acids is 1. The Morgan fingerprint density at radius 1 is 1.32 bits per heavy atom. The molecule has 0 unspecified atom stereocenters. The highest BCUT2D eigenvalue weighted by Crippen LogP contribution is 2.20. The number of aryl methyl sites for hydroxylation is 1. The molecule has 1 aliphatic heterocycles. The third-order valence-corrected chi connectivity index (χ3v) is 5.20. The van der Waals surface area contributed by atoms with Crippen molar-refractivity contribution in [3.8, 4) is 0 Å². The molecule has 0 radical (unpaired) electrons. The van der Waals surface area contributed by atoms with Gasteiger partial charge in [-0.2, -0.15) is 0 Å². The molecule has 0 aliphatic carbocycles. The summed E-state index contributed by atoms with van der Waals surface area (Å²) in [5.74, 6) is 0.466. The molecular formula is C13H17N5O2S2. The molecule has 1 amide bonds. The molecule has 2 aromatic rings. The first-order valence-corrected chi connectivity index (χ1v) is 8.44. The van der Waals surface area contributed by atoms with Crippen molar-refractivity contribution in [3.63, 3.8) is 0 Å². The van der Waals surface area contributed by atoms with Crippen LogP contribution in [0.2, 0.25) is 0 Å². The minimum Gasteiger partial charge on any atom is -0.342 e. The molecule has 9 heteroatoms. The number of nitrogens with zero attached hydrogens (tertiary/aromatic N) is 4. The number of hydrogen-bond donors (Lipinski definition) is 1. The molecule has 0 aromatic carbocycles. The van der Waals surface area contributed by atoms with Crippen LogP contribution in [0.15, 0.2) is 9.95 Å². The van der Waals surface area contributed by atoms with Gasteiger partial charge < -0.3 is 9.88 Å². The zero-order valence-electron chi connectivity index (χ0n) is 12.5. The lowest BCUT2D eigenvalue weighted by Crippen LogP contribution is -2.29. The summed E-state index contributed by atoms with van der Waals surface area (Å²) in [5.41, 5.74) is 0.952. The normalized spacial score (nSPS) is 14.9. The van der Waals surface area contributed by atoms with Crippen molar-refractivity contribution in [3.05, 3.63) is 15.1 Å². The van der Waals surface area contributed by atoms with Crippen LogP contribution in [0, 0.1) is 4.64 Å². The first-order valence-electron chi connectivity index (χ1n) is 7.05. The number of fused-ring (bicyclic) bond motifs is 1. The Hall–Kier alpha value is -1.61. The van der Waals surface area contributed by atoms with E-state index < -0.39 is 0 Å². The summed E-state index contributed by atoms with van der Waals surface area (Å²) in [6, 6.07) is 0. The van der Waals surface area contributed by atoms with Gasteiger partial charge in [0, 0.05) is 27.2 Å². The maximum atomic E-state index is 12.1. The lowest BCUT2D eigenvalue weighted by Gasteiger charge is -2.13. The van der Waals surface area contributed by atoms with Crippen LogP contribution in [0.5, 0.6) is 0 Å². The van der Waals surface area contributed by atoms with Crippen LogP contribution in [0.3, 0.4) is 0 Å². The molecule has 0 spiro atoms. The van der Waals surface area contributed by atoms with Crippen molar-refractivity contribution in [1.82, 2.24) is 24.0 Å². The molecule has 0 atom stereocenters. The largest absolute Gasteiger partial charge is 0.342 e. The third-order valence-electron chi connectivity index (χ3n) is 3.86. The number of nitrogens with one attached hydrogen (secondary N) is 1. The summed E-state index contributed by atoms with van der Waals surface area (Å²) >= 11 is 6.61. The van der Waals surface area contributed by atoms with Gasteiger partial charge in [-0.15, -0.1) is 0 Å². The lowest BCUT2D eigenvalue weighted by atomic mass is 10.4. The minimum atomic E-state index is -0.214. The number of rotatable bonds is 3. The van der Waals surface area contributed by atoms with Crippen molar-refractivity contribution in [2.45, 2.75) is 18.0 Å². The van der Waals surface area contributed by atoms with Crippen LogP contribution < -0.4 is 5.69 Å². The maximum absolute atomic E-state index is 12.1. The summed E-state index contributed by atoms with van der Waals surface area (Å²) in [5, 5.41) is 0.606. The Labute approximate surface area is 136 Å². The second-order valence-corrected chi connectivity index (χ2v) is 6.67. The van der Waals surface area contributed by atoms with Crippen LogP contribution in [0.4, 0.5) is 0 Å². The predicted octanol–water partition coefficient (Wildman–Crippen LogP) is 1.04. The zero-order valence-corrected chi connectivity index (χ0v) is 14.1. The molecule has 7 nitrogen and oxygen atoms in total. The highest BCUT2D eigenvalue weighted by Gasteiger charge is 2.19. The highest BCUT2D eigenvalue weighted by molar-refractivity contribution is 7.99. The highest BCUT2D eigenvalue weighted by atomic mass is 32.2. The van der Waals surface area contributed by atoms with Crippen molar-refractivity contribution in [2.75, 3.05) is 18.8 Å². The first-order chi connectivity index (χ1) is 10.5. The molecule has 1 aliphatic rings. The molecule has 1 saturated heterocycles. The second-order valence-electron chi connectivity index (χ2n) is 5.32. The van der Waals surface area contributed by atoms with Gasteiger partial charge in [-0.25, -0.2) is 9.78 Å². The summed E-state index contributed by atoms with van der Waals surface area (Å²) in [4.78, 5) is 33.4. The number of carbonyl (C=O) groups is 1. The molecule has 2 aromatic heterocycles. The van der Waals surface area contributed by atoms with Crippen LogP contribution in [-0.4, -0.2) is 48.8 Å². The van der Waals surface area contributed by atoms with Gasteiger partial charge in [0.2, 0.25) is 5.91 Å². The average molecular weight is 339 g/mol. The number of aromatic nitrogens is 4. The smallest absolute Gasteiger partial charge is 0.330 e. The van der Waals surface area contributed by atoms with E-state index in [-0.39, 0.29) is 11.6 Å². The van der Waals surface area contributed by atoms with Gasteiger partial charge >= 0.3 is 5.69 Å². The standard InChI is InChI=1S/C13H17N5O2S2/c1-16-10-9(11(21)17(2)13(16)20)14-12(15-10)22-7-8(19)18-5-3-4-6-18/h3-7H2,1-2H3,(H,14,15). The molecular weight excluding hydrogens is 322 g/mol. The summed E-state index contributed by atoms with van der Waals surface area (Å²) in [7, 11) is 3.29. The Balaban J connectivity index is 1.85. The fourth-order valence-electron chi connectivity index (χ4n) is 2.56. The number of H-pyrrole nitrogens is 1. The summed E-state index contributed by atoms with van der Waals surface area (Å²) in [6.07, 6.45) is 2.16. The monoisotopic (exact) mass is 339 g/mol. The first kappa shape index (κ1) is 15.3.